The van der Waals surface area contributed by atoms with Crippen LogP contribution >= 0.6 is 23.1 Å². The summed E-state index contributed by atoms with van der Waals surface area (Å²) in [5.74, 6) is 0. The van der Waals surface area contributed by atoms with Crippen LogP contribution in [0.25, 0.3) is 26.4 Å². The van der Waals surface area contributed by atoms with Crippen molar-refractivity contribution in [2.75, 3.05) is 0 Å². The zero-order valence-corrected chi connectivity index (χ0v) is 13.4. The summed E-state index contributed by atoms with van der Waals surface area (Å²) in [5.41, 5.74) is 4.24. The van der Waals surface area contributed by atoms with Crippen LogP contribution in [0.15, 0.2) is 53.6 Å². The number of nitriles is 1. The highest BCUT2D eigenvalue weighted by atomic mass is 32.2. The minimum atomic E-state index is 0.878. The van der Waals surface area contributed by atoms with Crippen LogP contribution in [0.3, 0.4) is 0 Å². The number of thiazole rings is 1. The second kappa shape index (κ2) is 5.16. The van der Waals surface area contributed by atoms with E-state index in [-0.39, 0.29) is 0 Å². The average molecular weight is 321 g/mol. The number of nitrogens with zero attached hydrogens (tertiary/aromatic N) is 3. The van der Waals surface area contributed by atoms with Gasteiger partial charge in [-0.25, -0.2) is 4.98 Å². The van der Waals surface area contributed by atoms with E-state index in [9.17, 15) is 5.26 Å². The van der Waals surface area contributed by atoms with Gasteiger partial charge in [0.1, 0.15) is 16.1 Å². The Morgan fingerprint density at radius 1 is 1.14 bits per heavy atom. The van der Waals surface area contributed by atoms with Gasteiger partial charge in [0.25, 0.3) is 0 Å². The lowest BCUT2D eigenvalue weighted by atomic mass is 10.1. The van der Waals surface area contributed by atoms with Crippen LogP contribution in [0.1, 0.15) is 5.56 Å². The molecule has 0 saturated heterocycles. The van der Waals surface area contributed by atoms with Gasteiger partial charge in [0, 0.05) is 17.3 Å². The maximum absolute atomic E-state index is 9.20. The van der Waals surface area contributed by atoms with Crippen LogP contribution in [0.5, 0.6) is 0 Å². The predicted octanol–water partition coefficient (Wildman–Crippen LogP) is 5.10. The van der Waals surface area contributed by atoms with Crippen LogP contribution in [0, 0.1) is 17.6 Å². The first kappa shape index (κ1) is 13.4. The summed E-state index contributed by atoms with van der Waals surface area (Å²) in [4.78, 5) is 5.70. The normalized spacial score (nSPS) is 11.1. The number of imidazole rings is 1. The lowest BCUT2D eigenvalue weighted by Crippen LogP contribution is -1.85. The van der Waals surface area contributed by atoms with Gasteiger partial charge in [0.05, 0.1) is 10.2 Å². The summed E-state index contributed by atoms with van der Waals surface area (Å²) in [7, 11) is 0. The van der Waals surface area contributed by atoms with Gasteiger partial charge in [-0.15, -0.1) is 0 Å². The molecular weight excluding hydrogens is 310 g/mol. The van der Waals surface area contributed by atoms with Crippen molar-refractivity contribution in [3.63, 3.8) is 0 Å². The molecule has 4 rings (SSSR count). The molecule has 3 nitrogen and oxygen atoms in total. The van der Waals surface area contributed by atoms with E-state index in [0.29, 0.717) is 0 Å². The minimum absolute atomic E-state index is 0.878. The van der Waals surface area contributed by atoms with Crippen LogP contribution < -0.4 is 0 Å². The van der Waals surface area contributed by atoms with Gasteiger partial charge in [-0.3, -0.25) is 4.40 Å². The van der Waals surface area contributed by atoms with Crippen LogP contribution in [0.2, 0.25) is 0 Å². The Morgan fingerprint density at radius 2 is 1.91 bits per heavy atom. The maximum atomic E-state index is 9.20. The number of benzene rings is 2. The Morgan fingerprint density at radius 3 is 2.68 bits per heavy atom. The third kappa shape index (κ3) is 2.00. The molecule has 0 atom stereocenters. The van der Waals surface area contributed by atoms with Crippen molar-refractivity contribution in [3.8, 4) is 16.7 Å². The van der Waals surface area contributed by atoms with Gasteiger partial charge in [0.15, 0.2) is 4.96 Å². The summed E-state index contributed by atoms with van der Waals surface area (Å²) < 4.78 is 3.27. The number of rotatable bonds is 2. The van der Waals surface area contributed by atoms with E-state index in [1.165, 1.54) is 22.0 Å². The van der Waals surface area contributed by atoms with Crippen molar-refractivity contribution in [1.82, 2.24) is 9.38 Å². The Hall–Kier alpha value is -2.29. The average Bonchev–Trinajstić information content (AvgIpc) is 3.05. The van der Waals surface area contributed by atoms with E-state index in [1.807, 2.05) is 12.1 Å². The highest BCUT2D eigenvalue weighted by molar-refractivity contribution is 8.03. The molecule has 0 spiro atoms. The van der Waals surface area contributed by atoms with Crippen molar-refractivity contribution in [3.05, 3.63) is 54.1 Å². The van der Waals surface area contributed by atoms with Crippen LogP contribution in [-0.2, 0) is 0 Å². The number of aryl methyl sites for hydroxylation is 1. The predicted molar refractivity (Wildman–Crippen MR) is 92.2 cm³/mol. The standard InChI is InChI=1S/C17H11N3S2/c1-11-6-8-12(9-7-11)15-16(21-10-18)20-13-4-2-3-5-14(13)22-17(20)19-15/h2-9H,1H3. The number of hydrogen-bond donors (Lipinski definition) is 0. The molecule has 0 fully saturated rings. The van der Waals surface area contributed by atoms with E-state index in [0.717, 1.165) is 26.8 Å². The molecule has 2 heterocycles. The van der Waals surface area contributed by atoms with Crippen molar-refractivity contribution in [2.24, 2.45) is 0 Å². The smallest absolute Gasteiger partial charge is 0.196 e. The maximum Gasteiger partial charge on any atom is 0.196 e. The second-order valence-electron chi connectivity index (χ2n) is 5.01. The van der Waals surface area contributed by atoms with Crippen LogP contribution in [-0.4, -0.2) is 9.38 Å². The van der Waals surface area contributed by atoms with Crippen molar-refractivity contribution in [1.29, 1.82) is 5.26 Å². The first-order chi connectivity index (χ1) is 10.8. The molecule has 2 aromatic heterocycles. The van der Waals surface area contributed by atoms with E-state index in [2.05, 4.69) is 53.1 Å². The quantitative estimate of drug-likeness (QED) is 0.381. The van der Waals surface area contributed by atoms with Crippen molar-refractivity contribution >= 4 is 38.3 Å². The van der Waals surface area contributed by atoms with E-state index in [4.69, 9.17) is 4.98 Å². The summed E-state index contributed by atoms with van der Waals surface area (Å²) in [6, 6.07) is 16.5. The fourth-order valence-electron chi connectivity index (χ4n) is 2.53. The number of para-hydroxylation sites is 1. The zero-order valence-electron chi connectivity index (χ0n) is 11.8. The Balaban J connectivity index is 2.05. The number of aromatic nitrogens is 2. The molecule has 0 amide bonds. The lowest BCUT2D eigenvalue weighted by Gasteiger charge is -2.01. The van der Waals surface area contributed by atoms with Crippen molar-refractivity contribution < 1.29 is 0 Å². The fourth-order valence-corrected chi connectivity index (χ4v) is 4.24. The monoisotopic (exact) mass is 321 g/mol. The third-order valence-corrected chi connectivity index (χ3v) is 5.26. The molecule has 0 N–H and O–H groups in total. The van der Waals surface area contributed by atoms with E-state index >= 15 is 0 Å². The first-order valence-corrected chi connectivity index (χ1v) is 8.44. The summed E-state index contributed by atoms with van der Waals surface area (Å²) in [5, 5.41) is 12.3. The van der Waals surface area contributed by atoms with E-state index in [1.54, 1.807) is 11.3 Å². The summed E-state index contributed by atoms with van der Waals surface area (Å²) >= 11 is 2.82. The number of hydrogen-bond acceptors (Lipinski definition) is 4. The Bertz CT molecular complexity index is 1020. The Labute approximate surface area is 135 Å². The van der Waals surface area contributed by atoms with E-state index < -0.39 is 0 Å². The number of thiocyanates is 1. The largest absolute Gasteiger partial charge is 0.276 e. The van der Waals surface area contributed by atoms with Crippen LogP contribution in [0.4, 0.5) is 0 Å². The van der Waals surface area contributed by atoms with Gasteiger partial charge in [-0.05, 0) is 19.1 Å². The molecule has 0 radical (unpaired) electrons. The lowest BCUT2D eigenvalue weighted by molar-refractivity contribution is 1.13. The summed E-state index contributed by atoms with van der Waals surface area (Å²) in [6.07, 6.45) is 0. The first-order valence-electron chi connectivity index (χ1n) is 6.81. The third-order valence-electron chi connectivity index (χ3n) is 3.58. The molecular formula is C17H11N3S2. The SMILES string of the molecule is Cc1ccc(-c2nc3sc4ccccc4n3c2SC#N)cc1. The molecule has 0 saturated carbocycles. The van der Waals surface area contributed by atoms with Crippen molar-refractivity contribution in [2.45, 2.75) is 11.9 Å². The topological polar surface area (TPSA) is 41.1 Å². The number of thioether (sulfide) groups is 1. The molecule has 106 valence electrons. The molecule has 2 aromatic carbocycles. The summed E-state index contributed by atoms with van der Waals surface area (Å²) in [6.45, 7) is 2.06. The van der Waals surface area contributed by atoms with Gasteiger partial charge < -0.3 is 0 Å². The minimum Gasteiger partial charge on any atom is -0.276 e. The molecule has 0 aliphatic heterocycles. The molecule has 22 heavy (non-hydrogen) atoms. The molecule has 0 bridgehead atoms. The van der Waals surface area contributed by atoms with Gasteiger partial charge in [-0.1, -0.05) is 53.3 Å². The number of fused-ring (bicyclic) bond motifs is 3. The van der Waals surface area contributed by atoms with Gasteiger partial charge in [0.2, 0.25) is 0 Å². The molecule has 0 aliphatic rings. The van der Waals surface area contributed by atoms with Gasteiger partial charge >= 0.3 is 0 Å². The highest BCUT2D eigenvalue weighted by Crippen LogP contribution is 2.37. The molecule has 4 aromatic rings. The highest BCUT2D eigenvalue weighted by Gasteiger charge is 2.18. The Kier molecular flexibility index (Phi) is 3.14. The van der Waals surface area contributed by atoms with Gasteiger partial charge in [-0.2, -0.15) is 5.26 Å². The second-order valence-corrected chi connectivity index (χ2v) is 6.80. The fraction of sp³-hybridized carbons (Fsp3) is 0.0588. The zero-order chi connectivity index (χ0) is 15.1. The molecule has 5 heteroatoms. The molecule has 0 aliphatic carbocycles. The molecule has 0 unspecified atom stereocenters.